The van der Waals surface area contributed by atoms with E-state index in [1.807, 2.05) is 30.3 Å². The molecule has 2 nitrogen and oxygen atoms in total. The van der Waals surface area contributed by atoms with Crippen LogP contribution in [0, 0.1) is 0 Å². The Morgan fingerprint density at radius 2 is 2.06 bits per heavy atom. The molecule has 0 aliphatic heterocycles. The summed E-state index contributed by atoms with van der Waals surface area (Å²) in [7, 11) is 0. The van der Waals surface area contributed by atoms with E-state index in [1.165, 1.54) is 4.88 Å². The quantitative estimate of drug-likeness (QED) is 0.873. The molecule has 1 aromatic carbocycles. The number of aliphatic hydroxyl groups is 1. The first-order valence-electron chi connectivity index (χ1n) is 5.87. The maximum atomic E-state index is 10.1. The van der Waals surface area contributed by atoms with E-state index in [4.69, 9.17) is 0 Å². The number of aliphatic hydroxyl groups excluding tert-OH is 1. The van der Waals surface area contributed by atoms with Gasteiger partial charge in [0.05, 0.1) is 6.10 Å². The van der Waals surface area contributed by atoms with Gasteiger partial charge >= 0.3 is 0 Å². The molecule has 1 heterocycles. The zero-order valence-corrected chi connectivity index (χ0v) is 12.5. The van der Waals surface area contributed by atoms with Crippen molar-refractivity contribution in [2.24, 2.45) is 0 Å². The summed E-state index contributed by atoms with van der Waals surface area (Å²) in [5.41, 5.74) is 0.949. The van der Waals surface area contributed by atoms with Gasteiger partial charge < -0.3 is 10.4 Å². The van der Waals surface area contributed by atoms with Gasteiger partial charge in [0.25, 0.3) is 0 Å². The van der Waals surface area contributed by atoms with Crippen LogP contribution in [0.15, 0.2) is 46.3 Å². The van der Waals surface area contributed by atoms with E-state index in [0.717, 1.165) is 10.0 Å². The molecule has 0 saturated carbocycles. The molecule has 0 bridgehead atoms. The fourth-order valence-corrected chi connectivity index (χ4v) is 3.22. The van der Waals surface area contributed by atoms with Crippen LogP contribution in [-0.2, 0) is 0 Å². The van der Waals surface area contributed by atoms with E-state index in [0.29, 0.717) is 6.54 Å². The molecular weight excluding hydrogens is 310 g/mol. The van der Waals surface area contributed by atoms with Gasteiger partial charge in [-0.05, 0) is 34.5 Å². The van der Waals surface area contributed by atoms with Crippen LogP contribution in [0.5, 0.6) is 0 Å². The zero-order valence-electron chi connectivity index (χ0n) is 10.1. The second-order valence-corrected chi connectivity index (χ2v) is 6.08. The third kappa shape index (κ3) is 3.65. The number of halogens is 1. The van der Waals surface area contributed by atoms with Crippen LogP contribution in [-0.4, -0.2) is 11.7 Å². The smallest absolute Gasteiger partial charge is 0.0914 e. The molecular formula is C14H16BrNOS. The van der Waals surface area contributed by atoms with Crippen molar-refractivity contribution in [3.05, 3.63) is 56.7 Å². The van der Waals surface area contributed by atoms with E-state index >= 15 is 0 Å². The Morgan fingerprint density at radius 3 is 2.67 bits per heavy atom. The van der Waals surface area contributed by atoms with E-state index < -0.39 is 6.10 Å². The van der Waals surface area contributed by atoms with Crippen molar-refractivity contribution in [1.29, 1.82) is 0 Å². The zero-order chi connectivity index (χ0) is 13.0. The summed E-state index contributed by atoms with van der Waals surface area (Å²) >= 11 is 5.16. The van der Waals surface area contributed by atoms with Crippen molar-refractivity contribution in [3.63, 3.8) is 0 Å². The molecule has 2 atom stereocenters. The van der Waals surface area contributed by atoms with Gasteiger partial charge in [0.15, 0.2) is 0 Å². The summed E-state index contributed by atoms with van der Waals surface area (Å²) < 4.78 is 1.11. The first kappa shape index (κ1) is 13.7. The van der Waals surface area contributed by atoms with Crippen molar-refractivity contribution in [2.75, 3.05) is 6.54 Å². The predicted molar refractivity (Wildman–Crippen MR) is 79.8 cm³/mol. The number of thiophene rings is 1. The monoisotopic (exact) mass is 325 g/mol. The van der Waals surface area contributed by atoms with Crippen molar-refractivity contribution >= 4 is 27.3 Å². The molecule has 2 rings (SSSR count). The molecule has 0 aliphatic rings. The van der Waals surface area contributed by atoms with Crippen molar-refractivity contribution in [1.82, 2.24) is 5.32 Å². The van der Waals surface area contributed by atoms with Gasteiger partial charge in [0.1, 0.15) is 0 Å². The minimum Gasteiger partial charge on any atom is -0.387 e. The van der Waals surface area contributed by atoms with E-state index in [9.17, 15) is 5.11 Å². The van der Waals surface area contributed by atoms with Crippen LogP contribution in [0.1, 0.15) is 29.5 Å². The molecule has 2 unspecified atom stereocenters. The summed E-state index contributed by atoms with van der Waals surface area (Å²) in [5, 5.41) is 15.5. The average Bonchev–Trinajstić information content (AvgIpc) is 2.83. The number of nitrogens with one attached hydrogen (secondary N) is 1. The molecule has 96 valence electrons. The molecule has 1 aromatic heterocycles. The lowest BCUT2D eigenvalue weighted by atomic mass is 10.1. The van der Waals surface area contributed by atoms with Crippen LogP contribution in [0.2, 0.25) is 0 Å². The fraction of sp³-hybridized carbons (Fsp3) is 0.286. The third-order valence-corrected chi connectivity index (χ3v) is 4.69. The first-order chi connectivity index (χ1) is 8.66. The number of benzene rings is 1. The maximum absolute atomic E-state index is 10.1. The minimum atomic E-state index is -0.461. The summed E-state index contributed by atoms with van der Waals surface area (Å²) in [5.74, 6) is 0. The Hall–Kier alpha value is -0.680. The Morgan fingerprint density at radius 1 is 1.33 bits per heavy atom. The number of hydrogen-bond donors (Lipinski definition) is 2. The van der Waals surface area contributed by atoms with Crippen LogP contribution in [0.25, 0.3) is 0 Å². The largest absolute Gasteiger partial charge is 0.387 e. The van der Waals surface area contributed by atoms with E-state index in [-0.39, 0.29) is 6.04 Å². The Bertz CT molecular complexity index is 486. The summed E-state index contributed by atoms with van der Waals surface area (Å²) in [6.07, 6.45) is -0.461. The van der Waals surface area contributed by atoms with Crippen molar-refractivity contribution in [2.45, 2.75) is 19.1 Å². The van der Waals surface area contributed by atoms with Gasteiger partial charge in [-0.3, -0.25) is 0 Å². The van der Waals surface area contributed by atoms with Crippen molar-refractivity contribution in [3.8, 4) is 0 Å². The average molecular weight is 326 g/mol. The highest BCUT2D eigenvalue weighted by Crippen LogP contribution is 2.25. The molecule has 0 amide bonds. The molecule has 0 aliphatic carbocycles. The Balaban J connectivity index is 1.88. The summed E-state index contributed by atoms with van der Waals surface area (Å²) in [6, 6.07) is 12.1. The topological polar surface area (TPSA) is 32.3 Å². The summed E-state index contributed by atoms with van der Waals surface area (Å²) in [6.45, 7) is 2.66. The molecule has 2 aromatic rings. The van der Waals surface area contributed by atoms with Gasteiger partial charge in [0.2, 0.25) is 0 Å². The second-order valence-electron chi connectivity index (χ2n) is 4.22. The van der Waals surface area contributed by atoms with Gasteiger partial charge in [0, 0.05) is 27.3 Å². The van der Waals surface area contributed by atoms with Gasteiger partial charge in [-0.2, -0.15) is 0 Å². The van der Waals surface area contributed by atoms with Crippen LogP contribution < -0.4 is 5.32 Å². The van der Waals surface area contributed by atoms with Crippen molar-refractivity contribution < 1.29 is 5.11 Å². The molecule has 4 heteroatoms. The fourth-order valence-electron chi connectivity index (χ4n) is 1.74. The molecule has 18 heavy (non-hydrogen) atoms. The molecule has 0 fully saturated rings. The van der Waals surface area contributed by atoms with Crippen LogP contribution >= 0.6 is 27.3 Å². The van der Waals surface area contributed by atoms with Crippen LogP contribution in [0.3, 0.4) is 0 Å². The highest BCUT2D eigenvalue weighted by molar-refractivity contribution is 9.10. The predicted octanol–water partition coefficient (Wildman–Crippen LogP) is 3.89. The Labute approximate surface area is 120 Å². The highest BCUT2D eigenvalue weighted by atomic mass is 79.9. The van der Waals surface area contributed by atoms with Gasteiger partial charge in [-0.1, -0.05) is 30.3 Å². The van der Waals surface area contributed by atoms with E-state index in [1.54, 1.807) is 11.3 Å². The number of rotatable bonds is 5. The van der Waals surface area contributed by atoms with Gasteiger partial charge in [-0.25, -0.2) is 0 Å². The number of hydrogen-bond acceptors (Lipinski definition) is 3. The second kappa shape index (κ2) is 6.48. The normalized spacial score (nSPS) is 14.4. The molecule has 2 N–H and O–H groups in total. The lowest BCUT2D eigenvalue weighted by molar-refractivity contribution is 0.171. The Kier molecular flexibility index (Phi) is 4.95. The molecule has 0 spiro atoms. The third-order valence-electron chi connectivity index (χ3n) is 2.82. The standard InChI is InChI=1S/C14H16BrNOS/c1-10(14-7-12(15)9-18-14)16-8-13(17)11-5-3-2-4-6-11/h2-7,9-10,13,16-17H,8H2,1H3. The molecule has 0 radical (unpaired) electrons. The lowest BCUT2D eigenvalue weighted by Gasteiger charge is -2.16. The maximum Gasteiger partial charge on any atom is 0.0914 e. The van der Waals surface area contributed by atoms with Gasteiger partial charge in [-0.15, -0.1) is 11.3 Å². The van der Waals surface area contributed by atoms with E-state index in [2.05, 4.69) is 39.6 Å². The van der Waals surface area contributed by atoms with Crippen LogP contribution in [0.4, 0.5) is 0 Å². The summed E-state index contributed by atoms with van der Waals surface area (Å²) in [4.78, 5) is 1.27. The SMILES string of the molecule is CC(NCC(O)c1ccccc1)c1cc(Br)cs1. The lowest BCUT2D eigenvalue weighted by Crippen LogP contribution is -2.24. The molecule has 0 saturated heterocycles. The minimum absolute atomic E-state index is 0.250. The first-order valence-corrected chi connectivity index (χ1v) is 7.54. The highest BCUT2D eigenvalue weighted by Gasteiger charge is 2.11.